The lowest BCUT2D eigenvalue weighted by molar-refractivity contribution is 0.256. The van der Waals surface area contributed by atoms with Crippen molar-refractivity contribution in [3.05, 3.63) is 53.6 Å². The second-order valence-corrected chi connectivity index (χ2v) is 10.0. The van der Waals surface area contributed by atoms with Crippen molar-refractivity contribution in [2.24, 2.45) is 0 Å². The number of amides is 2. The maximum absolute atomic E-state index is 14.6. The summed E-state index contributed by atoms with van der Waals surface area (Å²) in [6.45, 7) is 9.15. The van der Waals surface area contributed by atoms with E-state index >= 15 is 0 Å². The molecule has 0 aliphatic carbocycles. The van der Waals surface area contributed by atoms with Gasteiger partial charge in [-0.25, -0.2) is 18.9 Å². The van der Waals surface area contributed by atoms with E-state index in [0.717, 1.165) is 0 Å². The van der Waals surface area contributed by atoms with Crippen molar-refractivity contribution >= 4 is 21.7 Å². The van der Waals surface area contributed by atoms with E-state index in [4.69, 9.17) is 4.74 Å². The molecule has 3 rings (SSSR count). The van der Waals surface area contributed by atoms with Crippen molar-refractivity contribution in [3.63, 3.8) is 0 Å². The third-order valence-corrected chi connectivity index (χ3v) is 6.28. The molecule has 0 unspecified atom stereocenters. The fraction of sp³-hybridized carbons (Fsp3) is 0.348. The first-order valence-corrected chi connectivity index (χ1v) is 12.1. The number of nitrogens with one attached hydrogen (secondary N) is 2. The van der Waals surface area contributed by atoms with Crippen LogP contribution in [0.5, 0.6) is 5.88 Å². The standard InChI is InChI=1S/C23H28FN5O4S/c1-13(2)18-11-17(24)12-19(16-9-15(5)25-20(10-16)33-6)22(18)26-23(30)28-34(31,32)21-7-8-29(27-21)14(3)4/h7-14H,1-6H3,(H2,26,28,30). The number of methoxy groups -OCH3 is 1. The van der Waals surface area contributed by atoms with Gasteiger partial charge in [-0.1, -0.05) is 13.8 Å². The summed E-state index contributed by atoms with van der Waals surface area (Å²) in [6, 6.07) is 6.19. The third kappa shape index (κ3) is 5.53. The van der Waals surface area contributed by atoms with Crippen molar-refractivity contribution in [2.75, 3.05) is 12.4 Å². The first-order chi connectivity index (χ1) is 15.9. The van der Waals surface area contributed by atoms with E-state index in [-0.39, 0.29) is 22.7 Å². The van der Waals surface area contributed by atoms with Crippen LogP contribution in [0.15, 0.2) is 41.6 Å². The molecule has 0 saturated carbocycles. The number of aryl methyl sites for hydroxylation is 1. The first kappa shape index (κ1) is 25.2. The molecule has 0 aliphatic rings. The van der Waals surface area contributed by atoms with Crippen LogP contribution < -0.4 is 14.8 Å². The van der Waals surface area contributed by atoms with Crippen LogP contribution in [0.1, 0.15) is 50.9 Å². The second kappa shape index (κ2) is 9.80. The van der Waals surface area contributed by atoms with Gasteiger partial charge in [-0.05, 0) is 62.1 Å². The number of nitrogens with zero attached hydrogens (tertiary/aromatic N) is 3. The van der Waals surface area contributed by atoms with E-state index in [9.17, 15) is 17.6 Å². The number of urea groups is 1. The highest BCUT2D eigenvalue weighted by Gasteiger charge is 2.24. The van der Waals surface area contributed by atoms with E-state index in [1.807, 2.05) is 32.4 Å². The number of anilines is 1. The van der Waals surface area contributed by atoms with Gasteiger partial charge in [0, 0.05) is 29.6 Å². The predicted molar refractivity (Wildman–Crippen MR) is 127 cm³/mol. The van der Waals surface area contributed by atoms with Crippen LogP contribution in [0.25, 0.3) is 11.1 Å². The molecule has 2 aromatic heterocycles. The Bertz CT molecular complexity index is 1320. The molecule has 11 heteroatoms. The maximum Gasteiger partial charge on any atom is 0.333 e. The summed E-state index contributed by atoms with van der Waals surface area (Å²) in [5.41, 5.74) is 2.33. The quantitative estimate of drug-likeness (QED) is 0.501. The van der Waals surface area contributed by atoms with E-state index < -0.39 is 21.9 Å². The van der Waals surface area contributed by atoms with Gasteiger partial charge in [0.1, 0.15) is 5.82 Å². The lowest BCUT2D eigenvalue weighted by Gasteiger charge is -2.19. The van der Waals surface area contributed by atoms with Gasteiger partial charge in [-0.3, -0.25) is 4.68 Å². The molecule has 3 aromatic rings. The summed E-state index contributed by atoms with van der Waals surface area (Å²) < 4.78 is 48.6. The monoisotopic (exact) mass is 489 g/mol. The van der Waals surface area contributed by atoms with Crippen LogP contribution >= 0.6 is 0 Å². The summed E-state index contributed by atoms with van der Waals surface area (Å²) in [6.07, 6.45) is 1.52. The topological polar surface area (TPSA) is 115 Å². The number of ether oxygens (including phenoxy) is 1. The zero-order valence-electron chi connectivity index (χ0n) is 19.9. The molecule has 0 atom stereocenters. The Balaban J connectivity index is 2.01. The molecule has 2 heterocycles. The van der Waals surface area contributed by atoms with Gasteiger partial charge in [-0.15, -0.1) is 0 Å². The number of hydrogen-bond donors (Lipinski definition) is 2. The number of sulfonamides is 1. The highest BCUT2D eigenvalue weighted by molar-refractivity contribution is 7.90. The van der Waals surface area contributed by atoms with Crippen molar-refractivity contribution < 1.29 is 22.3 Å². The number of carbonyl (C=O) groups is 1. The summed E-state index contributed by atoms with van der Waals surface area (Å²) in [5, 5.41) is 6.33. The Labute approximate surface area is 198 Å². The number of aromatic nitrogens is 3. The molecular formula is C23H28FN5O4S. The number of carbonyl (C=O) groups excluding carboxylic acids is 1. The molecule has 0 spiro atoms. The summed E-state index contributed by atoms with van der Waals surface area (Å²) in [7, 11) is -2.76. The van der Waals surface area contributed by atoms with Crippen LogP contribution in [0.3, 0.4) is 0 Å². The molecule has 34 heavy (non-hydrogen) atoms. The normalized spacial score (nSPS) is 11.7. The molecule has 2 amide bonds. The van der Waals surface area contributed by atoms with Crippen LogP contribution in [0, 0.1) is 12.7 Å². The summed E-state index contributed by atoms with van der Waals surface area (Å²) >= 11 is 0. The van der Waals surface area contributed by atoms with Crippen molar-refractivity contribution in [2.45, 2.75) is 51.6 Å². The molecule has 2 N–H and O–H groups in total. The number of pyridine rings is 1. The predicted octanol–water partition coefficient (Wildman–Crippen LogP) is 4.62. The minimum absolute atomic E-state index is 0.0473. The minimum Gasteiger partial charge on any atom is -0.481 e. The number of halogens is 1. The maximum atomic E-state index is 14.6. The zero-order valence-corrected chi connectivity index (χ0v) is 20.7. The van der Waals surface area contributed by atoms with Gasteiger partial charge in [0.05, 0.1) is 12.8 Å². The number of hydrogen-bond acceptors (Lipinski definition) is 6. The molecule has 0 saturated heterocycles. The van der Waals surface area contributed by atoms with Crippen LogP contribution in [0.2, 0.25) is 0 Å². The largest absolute Gasteiger partial charge is 0.481 e. The Hall–Kier alpha value is -3.47. The molecule has 0 aliphatic heterocycles. The molecular weight excluding hydrogens is 461 g/mol. The lowest BCUT2D eigenvalue weighted by Crippen LogP contribution is -2.35. The minimum atomic E-state index is -4.23. The zero-order chi connectivity index (χ0) is 25.2. The third-order valence-electron chi connectivity index (χ3n) is 5.06. The van der Waals surface area contributed by atoms with Gasteiger partial charge in [0.2, 0.25) is 5.88 Å². The lowest BCUT2D eigenvalue weighted by atomic mass is 9.94. The molecule has 182 valence electrons. The van der Waals surface area contributed by atoms with E-state index in [2.05, 4.69) is 15.4 Å². The SMILES string of the molecule is COc1cc(-c2cc(F)cc(C(C)C)c2NC(=O)NS(=O)(=O)c2ccn(C(C)C)n2)cc(C)n1. The van der Waals surface area contributed by atoms with E-state index in [1.54, 1.807) is 19.1 Å². The molecule has 1 aromatic carbocycles. The van der Waals surface area contributed by atoms with Gasteiger partial charge < -0.3 is 10.1 Å². The summed E-state index contributed by atoms with van der Waals surface area (Å²) in [5.74, 6) is -0.345. The number of benzene rings is 1. The highest BCUT2D eigenvalue weighted by Crippen LogP contribution is 2.37. The first-order valence-electron chi connectivity index (χ1n) is 10.7. The average Bonchev–Trinajstić information content (AvgIpc) is 3.25. The Morgan fingerprint density at radius 3 is 2.44 bits per heavy atom. The van der Waals surface area contributed by atoms with Gasteiger partial charge >= 0.3 is 6.03 Å². The van der Waals surface area contributed by atoms with Crippen molar-refractivity contribution in [1.82, 2.24) is 19.5 Å². The fourth-order valence-corrected chi connectivity index (χ4v) is 4.25. The molecule has 0 fully saturated rings. The Morgan fingerprint density at radius 1 is 1.15 bits per heavy atom. The summed E-state index contributed by atoms with van der Waals surface area (Å²) in [4.78, 5) is 17.0. The van der Waals surface area contributed by atoms with Crippen molar-refractivity contribution in [1.29, 1.82) is 0 Å². The van der Waals surface area contributed by atoms with Gasteiger partial charge in [0.15, 0.2) is 5.03 Å². The molecule has 0 radical (unpaired) electrons. The Morgan fingerprint density at radius 2 is 1.85 bits per heavy atom. The molecule has 0 bridgehead atoms. The van der Waals surface area contributed by atoms with E-state index in [0.29, 0.717) is 28.3 Å². The fourth-order valence-electron chi connectivity index (χ4n) is 3.41. The number of rotatable bonds is 7. The smallest absolute Gasteiger partial charge is 0.333 e. The van der Waals surface area contributed by atoms with Gasteiger partial charge in [0.25, 0.3) is 10.0 Å². The van der Waals surface area contributed by atoms with Crippen LogP contribution in [-0.2, 0) is 10.0 Å². The molecule has 9 nitrogen and oxygen atoms in total. The second-order valence-electron chi connectivity index (χ2n) is 8.40. The van der Waals surface area contributed by atoms with E-state index in [1.165, 1.54) is 36.2 Å². The van der Waals surface area contributed by atoms with Crippen LogP contribution in [-0.4, -0.2) is 36.3 Å². The van der Waals surface area contributed by atoms with Crippen LogP contribution in [0.4, 0.5) is 14.9 Å². The Kier molecular flexibility index (Phi) is 7.25. The average molecular weight is 490 g/mol. The highest BCUT2D eigenvalue weighted by atomic mass is 32.2. The van der Waals surface area contributed by atoms with Gasteiger partial charge in [-0.2, -0.15) is 13.5 Å². The van der Waals surface area contributed by atoms with Crippen molar-refractivity contribution in [3.8, 4) is 17.0 Å².